The Balaban J connectivity index is 2.60. The highest BCUT2D eigenvalue weighted by molar-refractivity contribution is 6.65. The molecule has 0 spiro atoms. The summed E-state index contributed by atoms with van der Waals surface area (Å²) >= 11 is 0. The molecule has 1 unspecified atom stereocenters. The predicted octanol–water partition coefficient (Wildman–Crippen LogP) is 3.33. The number of methoxy groups -OCH3 is 1. The molecule has 0 aromatic carbocycles. The number of rotatable bonds is 5. The van der Waals surface area contributed by atoms with Crippen LogP contribution in [0.5, 0.6) is 0 Å². The molecule has 0 radical (unpaired) electrons. The Morgan fingerprint density at radius 3 is 2.93 bits per heavy atom. The quantitative estimate of drug-likeness (QED) is 0.477. The molecule has 1 heterocycles. The molecular weight excluding hydrogens is 171 g/mol. The molecule has 2 heteroatoms. The minimum atomic E-state index is 0.612. The van der Waals surface area contributed by atoms with Gasteiger partial charge in [0.2, 0.25) is 0 Å². The largest absolute Gasteiger partial charge is 0.502 e. The van der Waals surface area contributed by atoms with Crippen LogP contribution in [0.1, 0.15) is 12.8 Å². The lowest BCUT2D eigenvalue weighted by Crippen LogP contribution is -2.21. The van der Waals surface area contributed by atoms with E-state index in [1.807, 2.05) is 12.2 Å². The van der Waals surface area contributed by atoms with Crippen molar-refractivity contribution in [2.45, 2.75) is 25.5 Å². The average Bonchev–Trinajstić information content (AvgIpc) is 2.18. The van der Waals surface area contributed by atoms with Gasteiger partial charge in [-0.15, -0.1) is 13.2 Å². The van der Waals surface area contributed by atoms with Crippen molar-refractivity contribution in [2.75, 3.05) is 7.11 Å². The maximum Gasteiger partial charge on any atom is 0.174 e. The zero-order valence-electron chi connectivity index (χ0n) is 9.04. The molecule has 0 saturated carbocycles. The summed E-state index contributed by atoms with van der Waals surface area (Å²) in [5.74, 6) is 4.09. The van der Waals surface area contributed by atoms with Gasteiger partial charge in [0.15, 0.2) is 6.71 Å². The molecule has 0 aliphatic carbocycles. The molecule has 1 atom stereocenters. The first-order valence-corrected chi connectivity index (χ1v) is 5.26. The van der Waals surface area contributed by atoms with Crippen LogP contribution in [0.15, 0.2) is 37.0 Å². The van der Waals surface area contributed by atoms with Gasteiger partial charge < -0.3 is 4.74 Å². The second kappa shape index (κ2) is 5.74. The summed E-state index contributed by atoms with van der Waals surface area (Å²) in [6.07, 6.45) is 8.45. The molecule has 0 bridgehead atoms. The summed E-state index contributed by atoms with van der Waals surface area (Å²) in [7, 11) is 1.76. The number of ether oxygens (including phenoxy) is 1. The smallest absolute Gasteiger partial charge is 0.174 e. The van der Waals surface area contributed by atoms with Gasteiger partial charge in [-0.05, 0) is 12.3 Å². The number of hydrogen-bond acceptors (Lipinski definition) is 1. The van der Waals surface area contributed by atoms with E-state index in [0.717, 1.165) is 24.9 Å². The Morgan fingerprint density at radius 1 is 1.57 bits per heavy atom. The summed E-state index contributed by atoms with van der Waals surface area (Å²) < 4.78 is 5.34. The Bertz CT molecular complexity index is 232. The third kappa shape index (κ3) is 3.10. The van der Waals surface area contributed by atoms with E-state index >= 15 is 0 Å². The van der Waals surface area contributed by atoms with Crippen molar-refractivity contribution in [3.05, 3.63) is 37.0 Å². The van der Waals surface area contributed by atoms with E-state index in [2.05, 4.69) is 19.1 Å². The SMILES string of the molecule is C=CCB1C=C(OC)CC(CC=C)C1. The first kappa shape index (κ1) is 11.2. The Labute approximate surface area is 87.6 Å². The maximum absolute atomic E-state index is 5.34. The third-order valence-corrected chi connectivity index (χ3v) is 2.78. The second-order valence-electron chi connectivity index (χ2n) is 3.95. The first-order chi connectivity index (χ1) is 6.80. The van der Waals surface area contributed by atoms with Crippen LogP contribution in [0.4, 0.5) is 0 Å². The van der Waals surface area contributed by atoms with E-state index in [0.29, 0.717) is 12.6 Å². The summed E-state index contributed by atoms with van der Waals surface area (Å²) in [4.78, 5) is 0. The van der Waals surface area contributed by atoms with Crippen LogP contribution in [0, 0.1) is 5.92 Å². The highest BCUT2D eigenvalue weighted by atomic mass is 16.5. The topological polar surface area (TPSA) is 9.23 Å². The van der Waals surface area contributed by atoms with E-state index in [9.17, 15) is 0 Å². The van der Waals surface area contributed by atoms with Gasteiger partial charge in [0, 0.05) is 6.42 Å². The van der Waals surface area contributed by atoms with Gasteiger partial charge in [0.1, 0.15) is 0 Å². The van der Waals surface area contributed by atoms with Gasteiger partial charge in [0.25, 0.3) is 0 Å². The Morgan fingerprint density at radius 2 is 2.36 bits per heavy atom. The molecule has 76 valence electrons. The van der Waals surface area contributed by atoms with Crippen molar-refractivity contribution in [3.8, 4) is 0 Å². The van der Waals surface area contributed by atoms with Crippen molar-refractivity contribution in [1.29, 1.82) is 0 Å². The summed E-state index contributed by atoms with van der Waals surface area (Å²) in [5.41, 5.74) is 0. The van der Waals surface area contributed by atoms with E-state index in [1.54, 1.807) is 7.11 Å². The van der Waals surface area contributed by atoms with Crippen molar-refractivity contribution in [1.82, 2.24) is 0 Å². The van der Waals surface area contributed by atoms with Crippen molar-refractivity contribution >= 4 is 6.71 Å². The molecule has 1 rings (SSSR count). The molecule has 0 amide bonds. The van der Waals surface area contributed by atoms with Crippen LogP contribution in [0.25, 0.3) is 0 Å². The van der Waals surface area contributed by atoms with Crippen LogP contribution in [0.2, 0.25) is 12.6 Å². The highest BCUT2D eigenvalue weighted by Gasteiger charge is 2.23. The van der Waals surface area contributed by atoms with Gasteiger partial charge >= 0.3 is 0 Å². The molecular formula is C12H19BO. The zero-order chi connectivity index (χ0) is 10.4. The van der Waals surface area contributed by atoms with Gasteiger partial charge in [-0.2, -0.15) is 0 Å². The van der Waals surface area contributed by atoms with Crippen LogP contribution in [-0.2, 0) is 4.74 Å². The Kier molecular flexibility index (Phi) is 4.58. The average molecular weight is 190 g/mol. The molecule has 0 saturated heterocycles. The molecule has 0 aromatic heterocycles. The van der Waals surface area contributed by atoms with Gasteiger partial charge in [-0.3, -0.25) is 0 Å². The lowest BCUT2D eigenvalue weighted by Gasteiger charge is -2.24. The van der Waals surface area contributed by atoms with E-state index in [-0.39, 0.29) is 0 Å². The van der Waals surface area contributed by atoms with Crippen LogP contribution >= 0.6 is 0 Å². The molecule has 1 nitrogen and oxygen atoms in total. The fourth-order valence-corrected chi connectivity index (χ4v) is 2.14. The van der Waals surface area contributed by atoms with Crippen LogP contribution in [0.3, 0.4) is 0 Å². The molecule has 0 fully saturated rings. The first-order valence-electron chi connectivity index (χ1n) is 5.26. The summed E-state index contributed by atoms with van der Waals surface area (Å²) in [6.45, 7) is 8.19. The second-order valence-corrected chi connectivity index (χ2v) is 3.95. The van der Waals surface area contributed by atoms with Gasteiger partial charge in [0.05, 0.1) is 12.9 Å². The van der Waals surface area contributed by atoms with Crippen molar-refractivity contribution < 1.29 is 4.74 Å². The summed E-state index contributed by atoms with van der Waals surface area (Å²) in [6, 6.07) is 0. The zero-order valence-corrected chi connectivity index (χ0v) is 9.04. The third-order valence-electron chi connectivity index (χ3n) is 2.78. The van der Waals surface area contributed by atoms with Crippen LogP contribution < -0.4 is 0 Å². The van der Waals surface area contributed by atoms with E-state index in [1.165, 1.54) is 6.32 Å². The fraction of sp³-hybridized carbons (Fsp3) is 0.500. The molecule has 0 N–H and O–H groups in total. The van der Waals surface area contributed by atoms with Crippen molar-refractivity contribution in [3.63, 3.8) is 0 Å². The molecule has 0 aromatic rings. The Hall–Kier alpha value is -0.915. The van der Waals surface area contributed by atoms with Gasteiger partial charge in [-0.1, -0.05) is 30.8 Å². The molecule has 1 aliphatic heterocycles. The number of hydrogen-bond donors (Lipinski definition) is 0. The van der Waals surface area contributed by atoms with E-state index < -0.39 is 0 Å². The van der Waals surface area contributed by atoms with E-state index in [4.69, 9.17) is 4.74 Å². The monoisotopic (exact) mass is 190 g/mol. The lowest BCUT2D eigenvalue weighted by molar-refractivity contribution is 0.260. The van der Waals surface area contributed by atoms with Crippen LogP contribution in [-0.4, -0.2) is 13.8 Å². The normalized spacial score (nSPS) is 21.4. The molecule has 1 aliphatic rings. The lowest BCUT2D eigenvalue weighted by atomic mass is 9.40. The standard InChI is InChI=1S/C12H19BO/c1-4-6-11-8-12(14-3)10-13(9-11)7-5-2/h4-5,10-11H,1-2,6-9H2,3H3. The fourth-order valence-electron chi connectivity index (χ4n) is 2.14. The minimum absolute atomic E-state index is 0.612. The number of allylic oxidation sites excluding steroid dienone is 3. The van der Waals surface area contributed by atoms with Crippen molar-refractivity contribution in [2.24, 2.45) is 5.92 Å². The predicted molar refractivity (Wildman–Crippen MR) is 63.6 cm³/mol. The maximum atomic E-state index is 5.34. The molecule has 14 heavy (non-hydrogen) atoms. The van der Waals surface area contributed by atoms with Gasteiger partial charge in [-0.25, -0.2) is 0 Å². The minimum Gasteiger partial charge on any atom is -0.502 e. The summed E-state index contributed by atoms with van der Waals surface area (Å²) in [5, 5.41) is 0. The highest BCUT2D eigenvalue weighted by Crippen LogP contribution is 2.29.